The molecule has 2 nitrogen and oxygen atoms in total. The highest BCUT2D eigenvalue weighted by atomic mass is 35.5. The van der Waals surface area contributed by atoms with E-state index in [1.54, 1.807) is 6.07 Å². The van der Waals surface area contributed by atoms with Gasteiger partial charge in [-0.2, -0.15) is 18.4 Å². The van der Waals surface area contributed by atoms with Crippen LogP contribution in [0.1, 0.15) is 16.7 Å². The zero-order valence-corrected chi connectivity index (χ0v) is 8.99. The number of benzene rings is 1. The molecule has 0 aliphatic carbocycles. The SMILES string of the molecule is COc1cc(C#N)c(CCl)c(C(F)(F)F)c1. The Bertz CT molecular complexity index is 437. The lowest BCUT2D eigenvalue weighted by Gasteiger charge is -2.14. The Morgan fingerprint density at radius 3 is 2.44 bits per heavy atom. The number of alkyl halides is 4. The van der Waals surface area contributed by atoms with Gasteiger partial charge in [0.2, 0.25) is 0 Å². The van der Waals surface area contributed by atoms with E-state index in [1.807, 2.05) is 0 Å². The van der Waals surface area contributed by atoms with Gasteiger partial charge >= 0.3 is 6.18 Å². The molecule has 0 saturated heterocycles. The molecule has 0 heterocycles. The molecule has 16 heavy (non-hydrogen) atoms. The maximum Gasteiger partial charge on any atom is 0.416 e. The summed E-state index contributed by atoms with van der Waals surface area (Å²) in [5.74, 6) is -0.389. The topological polar surface area (TPSA) is 33.0 Å². The lowest BCUT2D eigenvalue weighted by atomic mass is 10.0. The fourth-order valence-corrected chi connectivity index (χ4v) is 1.55. The molecule has 0 aromatic heterocycles. The first kappa shape index (κ1) is 12.7. The summed E-state index contributed by atoms with van der Waals surface area (Å²) in [6.07, 6.45) is -4.55. The van der Waals surface area contributed by atoms with Crippen molar-refractivity contribution in [2.75, 3.05) is 7.11 Å². The second-order valence-electron chi connectivity index (χ2n) is 2.94. The highest BCUT2D eigenvalue weighted by Gasteiger charge is 2.34. The number of halogens is 4. The van der Waals surface area contributed by atoms with Crippen LogP contribution in [0.5, 0.6) is 5.75 Å². The predicted molar refractivity (Wildman–Crippen MR) is 52.3 cm³/mol. The molecule has 86 valence electrons. The van der Waals surface area contributed by atoms with E-state index in [4.69, 9.17) is 21.6 Å². The Morgan fingerprint density at radius 1 is 1.44 bits per heavy atom. The lowest BCUT2D eigenvalue weighted by Crippen LogP contribution is -2.10. The van der Waals surface area contributed by atoms with Crippen LogP contribution in [0.3, 0.4) is 0 Å². The molecule has 0 radical (unpaired) electrons. The molecule has 1 aromatic carbocycles. The molecule has 0 saturated carbocycles. The summed E-state index contributed by atoms with van der Waals surface area (Å²) >= 11 is 5.43. The number of ether oxygens (including phenoxy) is 1. The van der Waals surface area contributed by atoms with Gasteiger partial charge in [0.15, 0.2) is 0 Å². The summed E-state index contributed by atoms with van der Waals surface area (Å²) < 4.78 is 42.6. The summed E-state index contributed by atoms with van der Waals surface area (Å²) in [4.78, 5) is 0. The van der Waals surface area contributed by atoms with Gasteiger partial charge in [0.1, 0.15) is 5.75 Å². The first-order valence-electron chi connectivity index (χ1n) is 4.18. The molecule has 0 aliphatic heterocycles. The first-order valence-corrected chi connectivity index (χ1v) is 4.71. The lowest BCUT2D eigenvalue weighted by molar-refractivity contribution is -0.138. The van der Waals surface area contributed by atoms with Gasteiger partial charge in [-0.15, -0.1) is 11.6 Å². The monoisotopic (exact) mass is 249 g/mol. The third-order valence-corrected chi connectivity index (χ3v) is 2.29. The van der Waals surface area contributed by atoms with Crippen molar-refractivity contribution in [2.24, 2.45) is 0 Å². The standard InChI is InChI=1S/C10H7ClF3NO/c1-16-7-2-6(5-15)8(4-11)9(3-7)10(12,13)14/h2-3H,4H2,1H3. The Labute approximate surface area is 95.2 Å². The molecule has 1 aromatic rings. The van der Waals surface area contributed by atoms with E-state index in [-0.39, 0.29) is 22.8 Å². The average Bonchev–Trinajstić information content (AvgIpc) is 2.25. The Balaban J connectivity index is 3.51. The number of methoxy groups -OCH3 is 1. The minimum Gasteiger partial charge on any atom is -0.497 e. The number of hydrogen-bond donors (Lipinski definition) is 0. The van der Waals surface area contributed by atoms with Gasteiger partial charge in [0.05, 0.1) is 24.3 Å². The van der Waals surface area contributed by atoms with Gasteiger partial charge in [-0.3, -0.25) is 0 Å². The van der Waals surface area contributed by atoms with Crippen molar-refractivity contribution in [1.29, 1.82) is 5.26 Å². The van der Waals surface area contributed by atoms with Crippen LogP contribution in [0.25, 0.3) is 0 Å². The maximum atomic E-state index is 12.6. The summed E-state index contributed by atoms with van der Waals surface area (Å²) in [6.45, 7) is 0. The summed E-state index contributed by atoms with van der Waals surface area (Å²) in [6, 6.07) is 3.73. The Hall–Kier alpha value is -1.41. The van der Waals surface area contributed by atoms with E-state index < -0.39 is 11.7 Å². The van der Waals surface area contributed by atoms with Gasteiger partial charge in [-0.1, -0.05) is 0 Å². The van der Waals surface area contributed by atoms with Crippen LogP contribution in [0, 0.1) is 11.3 Å². The van der Waals surface area contributed by atoms with Gasteiger partial charge in [0, 0.05) is 5.88 Å². The van der Waals surface area contributed by atoms with Crippen LogP contribution in [0.4, 0.5) is 13.2 Å². The Morgan fingerprint density at radius 2 is 2.06 bits per heavy atom. The highest BCUT2D eigenvalue weighted by molar-refractivity contribution is 6.17. The van der Waals surface area contributed by atoms with Gasteiger partial charge in [0.25, 0.3) is 0 Å². The number of nitriles is 1. The maximum absolute atomic E-state index is 12.6. The molecule has 0 atom stereocenters. The molecule has 6 heteroatoms. The number of rotatable bonds is 2. The van der Waals surface area contributed by atoms with E-state index >= 15 is 0 Å². The van der Waals surface area contributed by atoms with Crippen molar-refractivity contribution < 1.29 is 17.9 Å². The van der Waals surface area contributed by atoms with Crippen molar-refractivity contribution in [2.45, 2.75) is 12.1 Å². The van der Waals surface area contributed by atoms with Crippen molar-refractivity contribution in [1.82, 2.24) is 0 Å². The molecule has 0 bridgehead atoms. The molecule has 0 N–H and O–H groups in total. The van der Waals surface area contributed by atoms with Gasteiger partial charge < -0.3 is 4.74 Å². The molecular formula is C10H7ClF3NO. The van der Waals surface area contributed by atoms with Crippen molar-refractivity contribution in [3.05, 3.63) is 28.8 Å². The summed E-state index contributed by atoms with van der Waals surface area (Å²) in [5.41, 5.74) is -1.28. The molecule has 0 unspecified atom stereocenters. The normalized spacial score (nSPS) is 11.0. The molecule has 0 spiro atoms. The van der Waals surface area contributed by atoms with Crippen LogP contribution in [-0.4, -0.2) is 7.11 Å². The molecule has 1 rings (SSSR count). The van der Waals surface area contributed by atoms with Crippen LogP contribution in [0.2, 0.25) is 0 Å². The minimum atomic E-state index is -4.55. The van der Waals surface area contributed by atoms with Crippen molar-refractivity contribution >= 4 is 11.6 Å². The van der Waals surface area contributed by atoms with E-state index in [2.05, 4.69) is 0 Å². The second-order valence-corrected chi connectivity index (χ2v) is 3.21. The second kappa shape index (κ2) is 4.62. The van der Waals surface area contributed by atoms with E-state index in [9.17, 15) is 13.2 Å². The third kappa shape index (κ3) is 2.39. The molecule has 0 fully saturated rings. The van der Waals surface area contributed by atoms with Crippen molar-refractivity contribution in [3.8, 4) is 11.8 Å². The van der Waals surface area contributed by atoms with E-state index in [0.29, 0.717) is 0 Å². The smallest absolute Gasteiger partial charge is 0.416 e. The number of hydrogen-bond acceptors (Lipinski definition) is 2. The molecule has 0 aliphatic rings. The summed E-state index contributed by atoms with van der Waals surface area (Å²) in [5, 5.41) is 8.73. The summed E-state index contributed by atoms with van der Waals surface area (Å²) in [7, 11) is 1.23. The van der Waals surface area contributed by atoms with Crippen LogP contribution in [0.15, 0.2) is 12.1 Å². The van der Waals surface area contributed by atoms with Crippen LogP contribution in [-0.2, 0) is 12.1 Å². The fraction of sp³-hybridized carbons (Fsp3) is 0.300. The quantitative estimate of drug-likeness (QED) is 0.753. The van der Waals surface area contributed by atoms with Gasteiger partial charge in [-0.25, -0.2) is 0 Å². The van der Waals surface area contributed by atoms with E-state index in [0.717, 1.165) is 6.07 Å². The highest BCUT2D eigenvalue weighted by Crippen LogP contribution is 2.36. The van der Waals surface area contributed by atoms with Crippen LogP contribution < -0.4 is 4.74 Å². The van der Waals surface area contributed by atoms with Crippen molar-refractivity contribution in [3.63, 3.8) is 0 Å². The minimum absolute atomic E-state index is 0.0160. The zero-order valence-electron chi connectivity index (χ0n) is 8.23. The molecular weight excluding hydrogens is 243 g/mol. The first-order chi connectivity index (χ1) is 7.43. The zero-order chi connectivity index (χ0) is 12.3. The largest absolute Gasteiger partial charge is 0.497 e. The molecule has 0 amide bonds. The van der Waals surface area contributed by atoms with Gasteiger partial charge in [-0.05, 0) is 17.7 Å². The third-order valence-electron chi connectivity index (χ3n) is 2.02. The van der Waals surface area contributed by atoms with Crippen LogP contribution >= 0.6 is 11.6 Å². The average molecular weight is 250 g/mol. The predicted octanol–water partition coefficient (Wildman–Crippen LogP) is 3.32. The number of nitrogens with zero attached hydrogens (tertiary/aromatic N) is 1. The Kier molecular flexibility index (Phi) is 3.66. The van der Waals surface area contributed by atoms with E-state index in [1.165, 1.54) is 13.2 Å². The fourth-order valence-electron chi connectivity index (χ4n) is 1.26.